The van der Waals surface area contributed by atoms with Gasteiger partial charge in [-0.1, -0.05) is 18.2 Å². The van der Waals surface area contributed by atoms with Gasteiger partial charge < -0.3 is 54.5 Å². The van der Waals surface area contributed by atoms with Gasteiger partial charge in [0, 0.05) is 57.1 Å². The van der Waals surface area contributed by atoms with Crippen LogP contribution in [0, 0.1) is 6.92 Å². The molecule has 362 valence electrons. The van der Waals surface area contributed by atoms with E-state index in [1.165, 1.54) is 7.11 Å². The number of hydrogen-bond acceptors (Lipinski definition) is 16. The Morgan fingerprint density at radius 3 is 2.21 bits per heavy atom. The number of aryl methyl sites for hydroxylation is 2. The van der Waals surface area contributed by atoms with Crippen molar-refractivity contribution in [2.24, 2.45) is 5.73 Å². The van der Waals surface area contributed by atoms with Gasteiger partial charge in [-0.25, -0.2) is 9.97 Å². The molecule has 6 rings (SSSR count). The van der Waals surface area contributed by atoms with E-state index in [2.05, 4.69) is 36.2 Å². The van der Waals surface area contributed by atoms with Crippen LogP contribution in [0.1, 0.15) is 50.2 Å². The molecule has 0 saturated carbocycles. The van der Waals surface area contributed by atoms with Crippen molar-refractivity contribution in [1.82, 2.24) is 44.0 Å². The molecule has 0 atom stereocenters. The number of allylic oxidation sites excluding steroid dienone is 3. The maximum absolute atomic E-state index is 13.8. The normalized spacial score (nSPS) is 11.5. The number of carbonyl (C=O) groups excluding carboxylic acids is 4. The number of primary amides is 1. The number of carbonyl (C=O) groups is 4. The van der Waals surface area contributed by atoms with E-state index in [1.54, 1.807) is 57.5 Å². The standard InChI is InChI=1S/C46H59N13O9/c1-6-59-37(23-31(2)55-59)44(63)54-46-53-35-24-32(30-60)25-38(68-22-21-66-20-19-65-18-13-48-3)41(35)58(46)16-8-7-15-57-42-36(52-45(57)49-4)26-33(43(47)62)27-39(42)67-17-10-9-14-56-29-34(28-51-56)50-12-11-40(61)64-5/h7-10,23-30,48,50H,6,11-22H2,1-5H3,(H2,47,62)(H,49,52)(H,53,54,63)/b8-7+,10-9+. The number of fused-ring (bicyclic) bond motifs is 2. The molecule has 0 bridgehead atoms. The second-order valence-electron chi connectivity index (χ2n) is 15.1. The van der Waals surface area contributed by atoms with Crippen LogP contribution in [0.4, 0.5) is 17.6 Å². The summed E-state index contributed by atoms with van der Waals surface area (Å²) >= 11 is 0. The molecule has 0 radical (unpaired) electrons. The minimum Gasteiger partial charge on any atom is -0.489 e. The van der Waals surface area contributed by atoms with Crippen molar-refractivity contribution >= 4 is 63.7 Å². The highest BCUT2D eigenvalue weighted by atomic mass is 16.5. The summed E-state index contributed by atoms with van der Waals surface area (Å²) in [6.45, 7) is 8.35. The molecular weight excluding hydrogens is 879 g/mol. The van der Waals surface area contributed by atoms with E-state index in [4.69, 9.17) is 34.6 Å². The number of aldehydes is 1. The van der Waals surface area contributed by atoms with Crippen LogP contribution in [0.3, 0.4) is 0 Å². The van der Waals surface area contributed by atoms with E-state index >= 15 is 0 Å². The van der Waals surface area contributed by atoms with Crippen LogP contribution in [0.15, 0.2) is 67.0 Å². The molecule has 22 nitrogen and oxygen atoms in total. The SMILES string of the molecule is CCn1nc(C)cc1C(=O)Nc1nc2cc(C=O)cc(OCCOCCOCCNC)c2n1C/C=C/Cn1c(NC)nc2cc(C(N)=O)cc(OC/C=C/Cn3cc(NCCC(=O)OC)cn3)c21. The average Bonchev–Trinajstić information content (AvgIpc) is 4.13. The molecule has 4 aromatic heterocycles. The summed E-state index contributed by atoms with van der Waals surface area (Å²) in [6.07, 6.45) is 12.0. The number of hydrogen-bond donors (Lipinski definition) is 5. The third-order valence-electron chi connectivity index (χ3n) is 10.3. The Labute approximate surface area is 392 Å². The molecule has 0 saturated heterocycles. The zero-order valence-electron chi connectivity index (χ0n) is 38.9. The molecule has 4 heterocycles. The molecule has 0 aliphatic carbocycles. The highest BCUT2D eigenvalue weighted by Crippen LogP contribution is 2.33. The largest absolute Gasteiger partial charge is 0.489 e. The fraction of sp³-hybridized carbons (Fsp3) is 0.391. The molecule has 6 aromatic rings. The van der Waals surface area contributed by atoms with Gasteiger partial charge in [0.25, 0.3) is 5.91 Å². The van der Waals surface area contributed by atoms with Crippen LogP contribution in [0.2, 0.25) is 0 Å². The highest BCUT2D eigenvalue weighted by Gasteiger charge is 2.22. The fourth-order valence-electron chi connectivity index (χ4n) is 7.11. The van der Waals surface area contributed by atoms with Crippen molar-refractivity contribution < 1.29 is 42.9 Å². The maximum atomic E-state index is 13.8. The second-order valence-corrected chi connectivity index (χ2v) is 15.1. The van der Waals surface area contributed by atoms with Crippen molar-refractivity contribution in [3.63, 3.8) is 0 Å². The predicted molar refractivity (Wildman–Crippen MR) is 256 cm³/mol. The van der Waals surface area contributed by atoms with Crippen molar-refractivity contribution in [3.05, 3.63) is 89.5 Å². The summed E-state index contributed by atoms with van der Waals surface area (Å²) in [7, 11) is 4.95. The molecule has 22 heteroatoms. The lowest BCUT2D eigenvalue weighted by Crippen LogP contribution is -2.20. The van der Waals surface area contributed by atoms with E-state index < -0.39 is 11.8 Å². The predicted octanol–water partition coefficient (Wildman–Crippen LogP) is 3.81. The summed E-state index contributed by atoms with van der Waals surface area (Å²) in [5, 5.41) is 21.0. The Morgan fingerprint density at radius 2 is 1.50 bits per heavy atom. The van der Waals surface area contributed by atoms with Gasteiger partial charge in [-0.15, -0.1) is 0 Å². The molecule has 0 fully saturated rings. The number of esters is 1. The third kappa shape index (κ3) is 13.1. The molecule has 0 spiro atoms. The van der Waals surface area contributed by atoms with Gasteiger partial charge in [-0.05, 0) is 57.3 Å². The number of methoxy groups -OCH3 is 1. The first-order valence-corrected chi connectivity index (χ1v) is 22.1. The van der Waals surface area contributed by atoms with E-state index in [9.17, 15) is 19.2 Å². The van der Waals surface area contributed by atoms with Gasteiger partial charge in [0.2, 0.25) is 17.8 Å². The number of amides is 2. The van der Waals surface area contributed by atoms with Gasteiger partial charge in [-0.3, -0.25) is 33.9 Å². The molecule has 0 aliphatic heterocycles. The molecular formula is C46H59N13O9. The minimum absolute atomic E-state index is 0.160. The number of ether oxygens (including phenoxy) is 5. The first-order valence-electron chi connectivity index (χ1n) is 22.1. The Kier molecular flexibility index (Phi) is 18.2. The molecule has 2 aromatic carbocycles. The molecule has 2 amide bonds. The number of likely N-dealkylation sites (N-methyl/N-ethyl adjacent to an activating group) is 1. The molecule has 68 heavy (non-hydrogen) atoms. The van der Waals surface area contributed by atoms with Crippen LogP contribution >= 0.6 is 0 Å². The minimum atomic E-state index is -0.631. The van der Waals surface area contributed by atoms with Gasteiger partial charge in [0.05, 0.1) is 75.1 Å². The summed E-state index contributed by atoms with van der Waals surface area (Å²) in [6, 6.07) is 8.20. The van der Waals surface area contributed by atoms with Crippen LogP contribution in [-0.4, -0.2) is 137 Å². The zero-order valence-corrected chi connectivity index (χ0v) is 38.9. The Morgan fingerprint density at radius 1 is 0.809 bits per heavy atom. The first kappa shape index (κ1) is 49.9. The quantitative estimate of drug-likeness (QED) is 0.0194. The van der Waals surface area contributed by atoms with E-state index in [0.717, 1.165) is 12.2 Å². The van der Waals surface area contributed by atoms with Crippen LogP contribution in [-0.2, 0) is 45.2 Å². The van der Waals surface area contributed by atoms with Crippen molar-refractivity contribution in [1.29, 1.82) is 0 Å². The van der Waals surface area contributed by atoms with Gasteiger partial charge in [-0.2, -0.15) is 10.2 Å². The number of nitrogens with one attached hydrogen (secondary N) is 4. The first-order chi connectivity index (χ1) is 33.1. The second kappa shape index (κ2) is 24.8. The Hall–Kier alpha value is -7.56. The smallest absolute Gasteiger partial charge is 0.307 e. The lowest BCUT2D eigenvalue weighted by atomic mass is 10.1. The van der Waals surface area contributed by atoms with Crippen molar-refractivity contribution in [2.75, 3.05) is 89.9 Å². The topological polar surface area (TPSA) is 260 Å². The lowest BCUT2D eigenvalue weighted by molar-refractivity contribution is -0.140. The Bertz CT molecular complexity index is 2730. The zero-order chi connectivity index (χ0) is 48.4. The molecule has 6 N–H and O–H groups in total. The van der Waals surface area contributed by atoms with Crippen LogP contribution in [0.5, 0.6) is 11.5 Å². The number of rotatable bonds is 29. The average molecular weight is 938 g/mol. The fourth-order valence-corrected chi connectivity index (χ4v) is 7.11. The Balaban J connectivity index is 1.23. The molecule has 0 unspecified atom stereocenters. The van der Waals surface area contributed by atoms with Gasteiger partial charge in [0.15, 0.2) is 0 Å². The number of nitrogens with zero attached hydrogens (tertiary/aromatic N) is 8. The molecule has 0 aliphatic rings. The number of aromatic nitrogens is 8. The van der Waals surface area contributed by atoms with E-state index in [-0.39, 0.29) is 50.3 Å². The monoisotopic (exact) mass is 937 g/mol. The summed E-state index contributed by atoms with van der Waals surface area (Å²) in [5.74, 6) is 0.173. The van der Waals surface area contributed by atoms with Gasteiger partial charge >= 0.3 is 5.97 Å². The van der Waals surface area contributed by atoms with E-state index in [1.807, 2.05) is 56.0 Å². The maximum Gasteiger partial charge on any atom is 0.307 e. The van der Waals surface area contributed by atoms with Gasteiger partial charge in [0.1, 0.15) is 47.7 Å². The summed E-state index contributed by atoms with van der Waals surface area (Å²) < 4.78 is 35.5. The summed E-state index contributed by atoms with van der Waals surface area (Å²) in [5.41, 5.74) is 10.2. The summed E-state index contributed by atoms with van der Waals surface area (Å²) in [4.78, 5) is 59.2. The van der Waals surface area contributed by atoms with Crippen molar-refractivity contribution in [3.8, 4) is 11.5 Å². The highest BCUT2D eigenvalue weighted by molar-refractivity contribution is 6.03. The third-order valence-corrected chi connectivity index (χ3v) is 10.3. The van der Waals surface area contributed by atoms with Crippen molar-refractivity contribution in [2.45, 2.75) is 46.4 Å². The number of nitrogens with two attached hydrogens (primary N) is 1. The van der Waals surface area contributed by atoms with E-state index in [0.29, 0.717) is 109 Å². The number of benzene rings is 2. The number of anilines is 3. The van der Waals surface area contributed by atoms with Crippen LogP contribution in [0.25, 0.3) is 22.1 Å². The lowest BCUT2D eigenvalue weighted by Gasteiger charge is -2.13. The van der Waals surface area contributed by atoms with Crippen LogP contribution < -0.4 is 36.5 Å². The number of imidazole rings is 2.